The number of fused-ring (bicyclic) bond motifs is 1. The van der Waals surface area contributed by atoms with Gasteiger partial charge in [-0.15, -0.1) is 0 Å². The highest BCUT2D eigenvalue weighted by molar-refractivity contribution is 5.82. The monoisotopic (exact) mass is 528 g/mol. The second kappa shape index (κ2) is 13.4. The zero-order valence-electron chi connectivity index (χ0n) is 23.3. The van der Waals surface area contributed by atoms with Crippen molar-refractivity contribution in [3.05, 3.63) is 106 Å². The van der Waals surface area contributed by atoms with Crippen molar-refractivity contribution >= 4 is 5.57 Å². The Kier molecular flexibility index (Phi) is 9.49. The van der Waals surface area contributed by atoms with Crippen molar-refractivity contribution in [2.24, 2.45) is 11.8 Å². The van der Waals surface area contributed by atoms with Crippen LogP contribution in [0.4, 0.5) is 4.39 Å². The number of allylic oxidation sites excluding steroid dienone is 1. The van der Waals surface area contributed by atoms with Crippen molar-refractivity contribution in [3.63, 3.8) is 0 Å². The lowest BCUT2D eigenvalue weighted by Crippen LogP contribution is -2.29. The fourth-order valence-corrected chi connectivity index (χ4v) is 6.30. The van der Waals surface area contributed by atoms with E-state index in [-0.39, 0.29) is 12.1 Å². The van der Waals surface area contributed by atoms with E-state index in [2.05, 4.69) is 36.4 Å². The van der Waals surface area contributed by atoms with E-state index in [4.69, 9.17) is 14.2 Å². The highest BCUT2D eigenvalue weighted by Crippen LogP contribution is 2.36. The van der Waals surface area contributed by atoms with Gasteiger partial charge in [0.2, 0.25) is 0 Å². The summed E-state index contributed by atoms with van der Waals surface area (Å²) in [5.74, 6) is 1.91. The summed E-state index contributed by atoms with van der Waals surface area (Å²) in [5.41, 5.74) is 6.53. The van der Waals surface area contributed by atoms with Crippen LogP contribution in [0.2, 0.25) is 0 Å². The average Bonchev–Trinajstić information content (AvgIpc) is 3.19. The van der Waals surface area contributed by atoms with Crippen molar-refractivity contribution < 1.29 is 18.6 Å². The van der Waals surface area contributed by atoms with E-state index in [1.54, 1.807) is 20.3 Å². The van der Waals surface area contributed by atoms with E-state index in [1.807, 2.05) is 30.3 Å². The van der Waals surface area contributed by atoms with Crippen molar-refractivity contribution in [2.45, 2.75) is 70.7 Å². The SMILES string of the molecule is COC(OC)C1CCC(CCc2ccc(C3=CCCCc4cc(OCc5ccccc5)ccc43)cc2F)CC1. The second-order valence-electron chi connectivity index (χ2n) is 11.1. The summed E-state index contributed by atoms with van der Waals surface area (Å²) >= 11 is 0. The molecule has 2 aliphatic carbocycles. The maximum Gasteiger partial charge on any atom is 0.159 e. The molecule has 0 saturated heterocycles. The molecular weight excluding hydrogens is 487 g/mol. The third-order valence-corrected chi connectivity index (χ3v) is 8.54. The molecule has 5 rings (SSSR count). The predicted molar refractivity (Wildman–Crippen MR) is 155 cm³/mol. The first kappa shape index (κ1) is 27.6. The lowest BCUT2D eigenvalue weighted by Gasteiger charge is -2.32. The van der Waals surface area contributed by atoms with E-state index >= 15 is 4.39 Å². The summed E-state index contributed by atoms with van der Waals surface area (Å²) < 4.78 is 32.4. The van der Waals surface area contributed by atoms with Gasteiger partial charge in [-0.2, -0.15) is 0 Å². The molecule has 4 heteroatoms. The Bertz CT molecular complexity index is 1240. The van der Waals surface area contributed by atoms with Crippen molar-refractivity contribution in [2.75, 3.05) is 14.2 Å². The lowest BCUT2D eigenvalue weighted by molar-refractivity contribution is -0.145. The number of aryl methyl sites for hydroxylation is 2. The van der Waals surface area contributed by atoms with Crippen LogP contribution in [0.15, 0.2) is 72.8 Å². The van der Waals surface area contributed by atoms with Gasteiger partial charge in [-0.3, -0.25) is 0 Å². The van der Waals surface area contributed by atoms with Crippen LogP contribution in [0.3, 0.4) is 0 Å². The first-order chi connectivity index (χ1) is 19.1. The van der Waals surface area contributed by atoms with Crippen molar-refractivity contribution in [3.8, 4) is 5.75 Å². The summed E-state index contributed by atoms with van der Waals surface area (Å²) in [4.78, 5) is 0. The highest BCUT2D eigenvalue weighted by Gasteiger charge is 2.27. The minimum atomic E-state index is -0.104. The van der Waals surface area contributed by atoms with Crippen LogP contribution < -0.4 is 4.74 Å². The Hall–Kier alpha value is -2.95. The molecule has 0 N–H and O–H groups in total. The fourth-order valence-electron chi connectivity index (χ4n) is 6.30. The number of rotatable bonds is 10. The van der Waals surface area contributed by atoms with E-state index in [1.165, 1.54) is 11.1 Å². The molecule has 0 bridgehead atoms. The second-order valence-corrected chi connectivity index (χ2v) is 11.1. The van der Waals surface area contributed by atoms with Gasteiger partial charge in [-0.05, 0) is 115 Å². The predicted octanol–water partition coefficient (Wildman–Crippen LogP) is 8.53. The molecule has 0 atom stereocenters. The summed E-state index contributed by atoms with van der Waals surface area (Å²) in [6.07, 6.45) is 11.6. The molecule has 206 valence electrons. The Morgan fingerprint density at radius 1 is 0.897 bits per heavy atom. The van der Waals surface area contributed by atoms with Crippen LogP contribution in [0.25, 0.3) is 5.57 Å². The van der Waals surface area contributed by atoms with Gasteiger partial charge < -0.3 is 14.2 Å². The van der Waals surface area contributed by atoms with E-state index < -0.39 is 0 Å². The fraction of sp³-hybridized carbons (Fsp3) is 0.429. The Balaban J connectivity index is 1.22. The third kappa shape index (κ3) is 6.98. The maximum absolute atomic E-state index is 15.3. The number of halogens is 1. The molecule has 1 fully saturated rings. The van der Waals surface area contributed by atoms with Gasteiger partial charge in [0.1, 0.15) is 18.2 Å². The van der Waals surface area contributed by atoms with E-state index in [0.717, 1.165) is 85.8 Å². The zero-order valence-corrected chi connectivity index (χ0v) is 23.3. The molecule has 0 aliphatic heterocycles. The zero-order chi connectivity index (χ0) is 27.0. The van der Waals surface area contributed by atoms with Crippen LogP contribution in [0.5, 0.6) is 5.75 Å². The average molecular weight is 529 g/mol. The normalized spacial score (nSPS) is 19.3. The maximum atomic E-state index is 15.3. The molecule has 1 saturated carbocycles. The quantitative estimate of drug-likeness (QED) is 0.247. The molecule has 0 amide bonds. The first-order valence-corrected chi connectivity index (χ1v) is 14.5. The summed E-state index contributed by atoms with van der Waals surface area (Å²) in [6.45, 7) is 0.553. The van der Waals surface area contributed by atoms with Gasteiger partial charge in [0.15, 0.2) is 6.29 Å². The van der Waals surface area contributed by atoms with Gasteiger partial charge in [0, 0.05) is 20.1 Å². The molecule has 0 spiro atoms. The number of hydrogen-bond donors (Lipinski definition) is 0. The van der Waals surface area contributed by atoms with Crippen LogP contribution >= 0.6 is 0 Å². The van der Waals surface area contributed by atoms with Crippen LogP contribution in [0, 0.1) is 17.7 Å². The molecule has 0 unspecified atom stereocenters. The van der Waals surface area contributed by atoms with Gasteiger partial charge in [0.05, 0.1) is 0 Å². The summed E-state index contributed by atoms with van der Waals surface area (Å²) in [5, 5.41) is 0. The van der Waals surface area contributed by atoms with Crippen LogP contribution in [0.1, 0.15) is 72.8 Å². The van der Waals surface area contributed by atoms with Crippen LogP contribution in [-0.2, 0) is 28.9 Å². The number of methoxy groups -OCH3 is 2. The number of ether oxygens (including phenoxy) is 3. The Morgan fingerprint density at radius 2 is 1.69 bits per heavy atom. The summed E-state index contributed by atoms with van der Waals surface area (Å²) in [7, 11) is 3.44. The van der Waals surface area contributed by atoms with E-state index in [9.17, 15) is 0 Å². The topological polar surface area (TPSA) is 27.7 Å². The van der Waals surface area contributed by atoms with Crippen molar-refractivity contribution in [1.82, 2.24) is 0 Å². The summed E-state index contributed by atoms with van der Waals surface area (Å²) in [6, 6.07) is 22.4. The minimum absolute atomic E-state index is 0.0884. The van der Waals surface area contributed by atoms with Gasteiger partial charge in [0.25, 0.3) is 0 Å². The van der Waals surface area contributed by atoms with Crippen LogP contribution in [-0.4, -0.2) is 20.5 Å². The molecule has 3 nitrogen and oxygen atoms in total. The van der Waals surface area contributed by atoms with Gasteiger partial charge >= 0.3 is 0 Å². The lowest BCUT2D eigenvalue weighted by atomic mass is 9.79. The molecule has 0 aromatic heterocycles. The molecule has 0 heterocycles. The molecule has 3 aromatic rings. The highest BCUT2D eigenvalue weighted by atomic mass is 19.1. The smallest absolute Gasteiger partial charge is 0.159 e. The molecule has 0 radical (unpaired) electrons. The Morgan fingerprint density at radius 3 is 2.44 bits per heavy atom. The Labute approximate surface area is 233 Å². The first-order valence-electron chi connectivity index (χ1n) is 14.5. The molecule has 3 aromatic carbocycles. The van der Waals surface area contributed by atoms with Gasteiger partial charge in [-0.25, -0.2) is 4.39 Å². The third-order valence-electron chi connectivity index (χ3n) is 8.54. The minimum Gasteiger partial charge on any atom is -0.489 e. The van der Waals surface area contributed by atoms with E-state index in [0.29, 0.717) is 18.4 Å². The molecule has 2 aliphatic rings. The van der Waals surface area contributed by atoms with Crippen molar-refractivity contribution in [1.29, 1.82) is 0 Å². The van der Waals surface area contributed by atoms with Gasteiger partial charge in [-0.1, -0.05) is 54.6 Å². The number of hydrogen-bond acceptors (Lipinski definition) is 3. The largest absolute Gasteiger partial charge is 0.489 e. The number of benzene rings is 3. The molecular formula is C35H41FO3. The molecule has 39 heavy (non-hydrogen) atoms. The standard InChI is InChI=1S/C35H41FO3/c1-37-35(38-2)28-16-13-25(14-17-28)12-15-27-18-19-30(23-34(27)36)32-11-7-6-10-29-22-31(20-21-33(29)32)39-24-26-8-4-3-5-9-26/h3-5,8-9,11,18-23,25,28,35H,6-7,10,12-17,24H2,1-2H3.